The van der Waals surface area contributed by atoms with Crippen LogP contribution in [0, 0.1) is 0 Å². The Morgan fingerprint density at radius 1 is 1.44 bits per heavy atom. The van der Waals surface area contributed by atoms with Crippen molar-refractivity contribution >= 4 is 5.97 Å². The number of rotatable bonds is 5. The van der Waals surface area contributed by atoms with Crippen LogP contribution in [0.25, 0.3) is 0 Å². The van der Waals surface area contributed by atoms with Gasteiger partial charge in [-0.15, -0.1) is 0 Å². The van der Waals surface area contributed by atoms with Gasteiger partial charge in [-0.2, -0.15) is 0 Å². The van der Waals surface area contributed by atoms with Crippen molar-refractivity contribution in [2.24, 2.45) is 0 Å². The van der Waals surface area contributed by atoms with E-state index >= 15 is 0 Å². The Kier molecular flexibility index (Phi) is 4.15. The highest BCUT2D eigenvalue weighted by Gasteiger charge is 2.17. The summed E-state index contributed by atoms with van der Waals surface area (Å²) in [5.74, 6) is -1.74. The highest BCUT2D eigenvalue weighted by Crippen LogP contribution is 2.21. The highest BCUT2D eigenvalue weighted by atomic mass is 16.6. The number of carboxylic acid groups (broad SMARTS) is 1. The van der Waals surface area contributed by atoms with Gasteiger partial charge in [-0.25, -0.2) is 4.79 Å². The highest BCUT2D eigenvalue weighted by molar-refractivity contribution is 5.91. The number of aliphatic hydroxyl groups excluding tert-OH is 1. The van der Waals surface area contributed by atoms with Gasteiger partial charge >= 0.3 is 5.97 Å². The van der Waals surface area contributed by atoms with Crippen LogP contribution >= 0.6 is 0 Å². The normalized spacial score (nSPS) is 13.1. The molecule has 0 radical (unpaired) electrons. The summed E-state index contributed by atoms with van der Waals surface area (Å²) in [6.07, 6.45) is -1.07. The summed E-state index contributed by atoms with van der Waals surface area (Å²) < 4.78 is 5.67. The zero-order chi connectivity index (χ0) is 13.9. The monoisotopic (exact) mass is 255 g/mol. The van der Waals surface area contributed by atoms with Crippen molar-refractivity contribution in [2.75, 3.05) is 27.7 Å². The number of likely N-dealkylation sites (N-methyl/N-ethyl adjacent to an activating group) is 1. The predicted molar refractivity (Wildman–Crippen MR) is 62.4 cm³/mol. The molecule has 18 heavy (non-hydrogen) atoms. The van der Waals surface area contributed by atoms with Crippen molar-refractivity contribution in [3.63, 3.8) is 0 Å². The summed E-state index contributed by atoms with van der Waals surface area (Å²) in [4.78, 5) is 10.8. The van der Waals surface area contributed by atoms with Crippen LogP contribution in [0.5, 0.6) is 11.5 Å². The van der Waals surface area contributed by atoms with Crippen LogP contribution in [-0.2, 0) is 0 Å². The number of benzene rings is 1. The summed E-state index contributed by atoms with van der Waals surface area (Å²) in [6, 6.07) is 3.56. The lowest BCUT2D eigenvalue weighted by atomic mass is 10.2. The van der Waals surface area contributed by atoms with Crippen LogP contribution in [0.2, 0.25) is 0 Å². The lowest BCUT2D eigenvalue weighted by Crippen LogP contribution is -2.43. The lowest BCUT2D eigenvalue weighted by Gasteiger charge is -2.26. The van der Waals surface area contributed by atoms with Gasteiger partial charge in [-0.1, -0.05) is 11.8 Å². The fourth-order valence-electron chi connectivity index (χ4n) is 1.41. The van der Waals surface area contributed by atoms with E-state index < -0.39 is 18.0 Å². The zero-order valence-corrected chi connectivity index (χ0v) is 10.6. The van der Waals surface area contributed by atoms with Gasteiger partial charge in [-0.3, -0.25) is 0 Å². The van der Waals surface area contributed by atoms with E-state index in [-0.39, 0.29) is 11.3 Å². The number of hydrogen-bond acceptors (Lipinski definition) is 4. The minimum absolute atomic E-state index is 0.160. The lowest BCUT2D eigenvalue weighted by molar-refractivity contribution is -0.876. The van der Waals surface area contributed by atoms with Crippen LogP contribution in [0.1, 0.15) is 10.4 Å². The topological polar surface area (TPSA) is 89.8 Å². The first-order valence-corrected chi connectivity index (χ1v) is 5.38. The number of quaternary nitrogens is 1. The smallest absolute Gasteiger partial charge is 0.335 e. The second kappa shape index (κ2) is 5.24. The van der Waals surface area contributed by atoms with E-state index in [0.717, 1.165) is 12.1 Å². The van der Waals surface area contributed by atoms with E-state index in [1.165, 1.54) is 6.07 Å². The molecule has 0 aliphatic carbocycles. The van der Waals surface area contributed by atoms with Crippen molar-refractivity contribution in [2.45, 2.75) is 6.29 Å². The molecule has 6 heteroatoms. The molecule has 0 spiro atoms. The Bertz CT molecular complexity index is 439. The van der Waals surface area contributed by atoms with Gasteiger partial charge in [0.05, 0.1) is 26.7 Å². The minimum atomic E-state index is -1.31. The third-order valence-electron chi connectivity index (χ3n) is 2.16. The first-order valence-electron chi connectivity index (χ1n) is 5.38. The summed E-state index contributed by atoms with van der Waals surface area (Å²) >= 11 is 0. The Balaban J connectivity index is 2.80. The molecule has 6 nitrogen and oxygen atoms in total. The van der Waals surface area contributed by atoms with Gasteiger partial charge in [0.25, 0.3) is 0 Å². The summed E-state index contributed by atoms with van der Waals surface area (Å²) in [5, 5.41) is 29.7. The average molecular weight is 255 g/mol. The average Bonchev–Trinajstić information content (AvgIpc) is 2.17. The molecule has 0 aliphatic rings. The molecule has 0 fully saturated rings. The number of ether oxygens (including phenoxy) is 1. The molecule has 0 aromatic heterocycles. The number of nitrogens with zero attached hydrogens (tertiary/aromatic N) is 1. The molecule has 0 saturated heterocycles. The Labute approximate surface area is 105 Å². The molecule has 1 aromatic rings. The van der Waals surface area contributed by atoms with E-state index in [0.29, 0.717) is 11.0 Å². The molecule has 1 atom stereocenters. The van der Waals surface area contributed by atoms with Crippen molar-refractivity contribution in [1.29, 1.82) is 0 Å². The van der Waals surface area contributed by atoms with Crippen LogP contribution in [0.4, 0.5) is 0 Å². The van der Waals surface area contributed by atoms with Gasteiger partial charge in [-0.05, 0) is 12.1 Å². The summed E-state index contributed by atoms with van der Waals surface area (Å²) in [5.41, 5.74) is -0.370. The number of hydrogen-bond donors (Lipinski definition) is 2. The van der Waals surface area contributed by atoms with Crippen molar-refractivity contribution in [3.8, 4) is 11.5 Å². The van der Waals surface area contributed by atoms with E-state index in [2.05, 4.69) is 0 Å². The van der Waals surface area contributed by atoms with Crippen LogP contribution < -0.4 is 9.84 Å². The first-order chi connectivity index (χ1) is 8.19. The van der Waals surface area contributed by atoms with Crippen molar-refractivity contribution in [1.82, 2.24) is 0 Å². The van der Waals surface area contributed by atoms with E-state index in [1.54, 1.807) is 0 Å². The quantitative estimate of drug-likeness (QED) is 0.564. The molecule has 100 valence electrons. The van der Waals surface area contributed by atoms with Crippen molar-refractivity contribution < 1.29 is 29.3 Å². The van der Waals surface area contributed by atoms with Crippen LogP contribution in [0.15, 0.2) is 18.2 Å². The molecule has 1 unspecified atom stereocenters. The van der Waals surface area contributed by atoms with Gasteiger partial charge in [0.15, 0.2) is 0 Å². The Hall–Kier alpha value is -1.79. The molecular weight excluding hydrogens is 238 g/mol. The predicted octanol–water partition coefficient (Wildman–Crippen LogP) is -0.138. The van der Waals surface area contributed by atoms with Gasteiger partial charge in [0.1, 0.15) is 12.3 Å². The molecule has 0 bridgehead atoms. The Morgan fingerprint density at radius 3 is 2.56 bits per heavy atom. The SMILES string of the molecule is C[N+](C)(C)CC(O)Oc1ccc([O-])c(C(=O)O)c1. The summed E-state index contributed by atoms with van der Waals surface area (Å²) in [6.45, 7) is 0.335. The van der Waals surface area contributed by atoms with Crippen molar-refractivity contribution in [3.05, 3.63) is 23.8 Å². The molecule has 1 aromatic carbocycles. The minimum Gasteiger partial charge on any atom is -0.872 e. The third-order valence-corrected chi connectivity index (χ3v) is 2.16. The summed E-state index contributed by atoms with van der Waals surface area (Å²) in [7, 11) is 5.65. The molecule has 0 amide bonds. The van der Waals surface area contributed by atoms with E-state index in [1.807, 2.05) is 21.1 Å². The third kappa shape index (κ3) is 4.23. The number of carboxylic acids is 1. The van der Waals surface area contributed by atoms with Gasteiger partial charge in [0, 0.05) is 0 Å². The fraction of sp³-hybridized carbons (Fsp3) is 0.417. The van der Waals surface area contributed by atoms with Crippen LogP contribution in [0.3, 0.4) is 0 Å². The number of aromatic carboxylic acids is 1. The molecule has 1 rings (SSSR count). The molecule has 0 heterocycles. The van der Waals surface area contributed by atoms with Crippen LogP contribution in [-0.4, -0.2) is 54.6 Å². The fourth-order valence-corrected chi connectivity index (χ4v) is 1.41. The van der Waals surface area contributed by atoms with E-state index in [9.17, 15) is 15.0 Å². The molecular formula is C12H17NO5. The standard InChI is InChI=1S/C12H17NO5/c1-13(2,3)7-11(15)18-8-4-5-10(14)9(6-8)12(16)17/h4-6,11,15H,7H2,1-3H3,(H-,14,16,17). The maximum atomic E-state index is 11.2. The second-order valence-electron chi connectivity index (χ2n) is 5.01. The maximum Gasteiger partial charge on any atom is 0.335 e. The number of aliphatic hydroxyl groups is 1. The van der Waals surface area contributed by atoms with Gasteiger partial charge in [0.2, 0.25) is 6.29 Å². The molecule has 0 saturated carbocycles. The van der Waals surface area contributed by atoms with E-state index in [4.69, 9.17) is 9.84 Å². The van der Waals surface area contributed by atoms with Gasteiger partial charge < -0.3 is 24.5 Å². The molecule has 2 N–H and O–H groups in total. The largest absolute Gasteiger partial charge is 0.872 e. The molecule has 0 aliphatic heterocycles. The zero-order valence-electron chi connectivity index (χ0n) is 10.6. The second-order valence-corrected chi connectivity index (χ2v) is 5.01. The maximum absolute atomic E-state index is 11.2. The number of carbonyl (C=O) groups is 1. The first kappa shape index (κ1) is 14.3. The Morgan fingerprint density at radius 2 is 2.06 bits per heavy atom.